The lowest BCUT2D eigenvalue weighted by Gasteiger charge is -2.13. The van der Waals surface area contributed by atoms with Gasteiger partial charge in [0.2, 0.25) is 11.8 Å². The minimum atomic E-state index is -0.227. The number of carbonyl (C=O) groups excluding carboxylic acids is 2. The van der Waals surface area contributed by atoms with Crippen LogP contribution in [0.2, 0.25) is 0 Å². The van der Waals surface area contributed by atoms with Gasteiger partial charge >= 0.3 is 0 Å². The fourth-order valence-electron chi connectivity index (χ4n) is 3.29. The summed E-state index contributed by atoms with van der Waals surface area (Å²) < 4.78 is 11.5. The third-order valence-corrected chi connectivity index (χ3v) is 4.73. The van der Waals surface area contributed by atoms with Crippen molar-refractivity contribution in [2.45, 2.75) is 39.3 Å². The molecule has 0 spiro atoms. The lowest BCUT2D eigenvalue weighted by Crippen LogP contribution is -2.29. The molecule has 0 saturated carbocycles. The third-order valence-electron chi connectivity index (χ3n) is 4.73. The van der Waals surface area contributed by atoms with E-state index in [1.165, 1.54) is 6.08 Å². The molecule has 2 amide bonds. The van der Waals surface area contributed by atoms with Crippen LogP contribution in [-0.4, -0.2) is 31.1 Å². The molecule has 6 heteroatoms. The summed E-state index contributed by atoms with van der Waals surface area (Å²) in [4.78, 5) is 24.0. The first-order valence-electron chi connectivity index (χ1n) is 10.3. The standard InChI is InChI=1S/C24H28N2O4/c1-3-29-21-14-19-13-17(2)30-22(19)15-20(21)16-26-24(28)11-12-25-23(27)10-9-18-7-5-4-6-8-18/h4-10,14-15,17H,3,11-13,16H2,1-2H3,(H,25,27)(H,26,28)/b10-9+/t17-/m1/s1. The zero-order valence-corrected chi connectivity index (χ0v) is 17.4. The minimum absolute atomic E-state index is 0.139. The molecule has 1 heterocycles. The second-order valence-corrected chi connectivity index (χ2v) is 7.20. The van der Waals surface area contributed by atoms with Crippen molar-refractivity contribution in [3.05, 3.63) is 65.2 Å². The van der Waals surface area contributed by atoms with E-state index in [2.05, 4.69) is 10.6 Å². The SMILES string of the molecule is CCOc1cc2c(cc1CNC(=O)CCNC(=O)/C=C/c1ccccc1)O[C@H](C)C2. The number of carbonyl (C=O) groups is 2. The van der Waals surface area contributed by atoms with Crippen molar-refractivity contribution in [1.82, 2.24) is 10.6 Å². The molecular weight excluding hydrogens is 380 g/mol. The highest BCUT2D eigenvalue weighted by Gasteiger charge is 2.22. The molecule has 0 aliphatic carbocycles. The van der Waals surface area contributed by atoms with Crippen LogP contribution in [0.1, 0.15) is 37.0 Å². The highest BCUT2D eigenvalue weighted by molar-refractivity contribution is 5.92. The highest BCUT2D eigenvalue weighted by atomic mass is 16.5. The Balaban J connectivity index is 1.45. The van der Waals surface area contributed by atoms with E-state index in [0.29, 0.717) is 13.2 Å². The molecule has 30 heavy (non-hydrogen) atoms. The molecule has 0 aromatic heterocycles. The summed E-state index contributed by atoms with van der Waals surface area (Å²) >= 11 is 0. The second-order valence-electron chi connectivity index (χ2n) is 7.20. The number of ether oxygens (including phenoxy) is 2. The molecule has 0 radical (unpaired) electrons. The fourth-order valence-corrected chi connectivity index (χ4v) is 3.29. The molecule has 158 valence electrons. The molecule has 1 aliphatic heterocycles. The van der Waals surface area contributed by atoms with Gasteiger partial charge in [-0.05, 0) is 37.6 Å². The fraction of sp³-hybridized carbons (Fsp3) is 0.333. The minimum Gasteiger partial charge on any atom is -0.494 e. The molecule has 1 atom stereocenters. The van der Waals surface area contributed by atoms with Crippen molar-refractivity contribution in [3.8, 4) is 11.5 Å². The molecule has 0 unspecified atom stereocenters. The van der Waals surface area contributed by atoms with Gasteiger partial charge in [-0.25, -0.2) is 0 Å². The van der Waals surface area contributed by atoms with Gasteiger partial charge in [-0.3, -0.25) is 9.59 Å². The third kappa shape index (κ3) is 6.11. The van der Waals surface area contributed by atoms with E-state index in [4.69, 9.17) is 9.47 Å². The summed E-state index contributed by atoms with van der Waals surface area (Å²) in [7, 11) is 0. The number of hydrogen-bond donors (Lipinski definition) is 2. The molecule has 1 aliphatic rings. The van der Waals surface area contributed by atoms with Crippen LogP contribution >= 0.6 is 0 Å². The van der Waals surface area contributed by atoms with Gasteiger partial charge in [-0.15, -0.1) is 0 Å². The zero-order valence-electron chi connectivity index (χ0n) is 17.4. The smallest absolute Gasteiger partial charge is 0.244 e. The van der Waals surface area contributed by atoms with Crippen LogP contribution < -0.4 is 20.1 Å². The van der Waals surface area contributed by atoms with E-state index < -0.39 is 0 Å². The molecule has 2 aromatic carbocycles. The Labute approximate surface area is 177 Å². The van der Waals surface area contributed by atoms with Gasteiger partial charge < -0.3 is 20.1 Å². The van der Waals surface area contributed by atoms with E-state index in [-0.39, 0.29) is 30.9 Å². The van der Waals surface area contributed by atoms with E-state index in [0.717, 1.165) is 34.6 Å². The van der Waals surface area contributed by atoms with Gasteiger partial charge in [-0.1, -0.05) is 30.3 Å². The molecule has 3 rings (SSSR count). The molecule has 0 fully saturated rings. The molecule has 6 nitrogen and oxygen atoms in total. The van der Waals surface area contributed by atoms with Crippen molar-refractivity contribution in [2.24, 2.45) is 0 Å². The maximum Gasteiger partial charge on any atom is 0.244 e. The average molecular weight is 408 g/mol. The van der Waals surface area contributed by atoms with E-state index >= 15 is 0 Å². The summed E-state index contributed by atoms with van der Waals surface area (Å²) in [5.41, 5.74) is 2.96. The summed E-state index contributed by atoms with van der Waals surface area (Å²) in [6.45, 7) is 5.14. The van der Waals surface area contributed by atoms with Crippen molar-refractivity contribution in [1.29, 1.82) is 0 Å². The van der Waals surface area contributed by atoms with Crippen LogP contribution in [0, 0.1) is 0 Å². The number of amides is 2. The first-order valence-corrected chi connectivity index (χ1v) is 10.3. The van der Waals surface area contributed by atoms with Crippen LogP contribution in [0.4, 0.5) is 0 Å². The summed E-state index contributed by atoms with van der Waals surface area (Å²) in [6.07, 6.45) is 4.42. The second kappa shape index (κ2) is 10.5. The van der Waals surface area contributed by atoms with Crippen molar-refractivity contribution >= 4 is 17.9 Å². The first-order chi connectivity index (χ1) is 14.5. The zero-order chi connectivity index (χ0) is 21.3. The lowest BCUT2D eigenvalue weighted by molar-refractivity contribution is -0.121. The Bertz CT molecular complexity index is 909. The molecule has 2 N–H and O–H groups in total. The van der Waals surface area contributed by atoms with Gasteiger partial charge in [0.1, 0.15) is 17.6 Å². The first kappa shape index (κ1) is 21.4. The van der Waals surface area contributed by atoms with Crippen LogP contribution in [0.15, 0.2) is 48.5 Å². The van der Waals surface area contributed by atoms with Crippen LogP contribution in [0.25, 0.3) is 6.08 Å². The predicted molar refractivity (Wildman–Crippen MR) is 116 cm³/mol. The quantitative estimate of drug-likeness (QED) is 0.625. The van der Waals surface area contributed by atoms with Gasteiger partial charge in [0.15, 0.2) is 0 Å². The summed E-state index contributed by atoms with van der Waals surface area (Å²) in [5.74, 6) is 1.26. The highest BCUT2D eigenvalue weighted by Crippen LogP contribution is 2.35. The number of nitrogens with one attached hydrogen (secondary N) is 2. The maximum absolute atomic E-state index is 12.2. The lowest BCUT2D eigenvalue weighted by atomic mass is 10.1. The summed E-state index contributed by atoms with van der Waals surface area (Å²) in [5, 5.41) is 5.61. The van der Waals surface area contributed by atoms with Crippen LogP contribution in [0.5, 0.6) is 11.5 Å². The van der Waals surface area contributed by atoms with E-state index in [1.807, 2.05) is 56.3 Å². The number of benzene rings is 2. The van der Waals surface area contributed by atoms with E-state index in [1.54, 1.807) is 6.08 Å². The maximum atomic E-state index is 12.2. The van der Waals surface area contributed by atoms with Crippen molar-refractivity contribution in [3.63, 3.8) is 0 Å². The molecule has 2 aromatic rings. The normalized spacial score (nSPS) is 14.8. The Morgan fingerprint density at radius 3 is 2.77 bits per heavy atom. The average Bonchev–Trinajstić information content (AvgIpc) is 3.10. The molecule has 0 bridgehead atoms. The van der Waals surface area contributed by atoms with Crippen LogP contribution in [0.3, 0.4) is 0 Å². The Kier molecular flexibility index (Phi) is 7.49. The van der Waals surface area contributed by atoms with Gasteiger partial charge in [-0.2, -0.15) is 0 Å². The molecule has 0 saturated heterocycles. The van der Waals surface area contributed by atoms with Crippen molar-refractivity contribution < 1.29 is 19.1 Å². The topological polar surface area (TPSA) is 76.7 Å². The van der Waals surface area contributed by atoms with Gasteiger partial charge in [0.25, 0.3) is 0 Å². The largest absolute Gasteiger partial charge is 0.494 e. The molecular formula is C24H28N2O4. The van der Waals surface area contributed by atoms with Crippen molar-refractivity contribution in [2.75, 3.05) is 13.2 Å². The van der Waals surface area contributed by atoms with Gasteiger partial charge in [0, 0.05) is 43.1 Å². The van der Waals surface area contributed by atoms with Gasteiger partial charge in [0.05, 0.1) is 6.61 Å². The number of fused-ring (bicyclic) bond motifs is 1. The Hall–Kier alpha value is -3.28. The predicted octanol–water partition coefficient (Wildman–Crippen LogP) is 3.24. The number of rotatable bonds is 9. The monoisotopic (exact) mass is 408 g/mol. The Morgan fingerprint density at radius 1 is 1.20 bits per heavy atom. The number of hydrogen-bond acceptors (Lipinski definition) is 4. The summed E-state index contributed by atoms with van der Waals surface area (Å²) in [6, 6.07) is 13.5. The Morgan fingerprint density at radius 2 is 2.00 bits per heavy atom. The van der Waals surface area contributed by atoms with E-state index in [9.17, 15) is 9.59 Å². The van der Waals surface area contributed by atoms with Crippen LogP contribution in [-0.2, 0) is 22.6 Å².